The molecular formula is C16H20BrNO3. The van der Waals surface area contributed by atoms with E-state index in [-0.39, 0.29) is 5.91 Å². The van der Waals surface area contributed by atoms with E-state index in [2.05, 4.69) is 21.2 Å². The minimum atomic E-state index is -0.865. The highest BCUT2D eigenvalue weighted by Crippen LogP contribution is 2.39. The second-order valence-corrected chi connectivity index (χ2v) is 6.60. The minimum Gasteiger partial charge on any atom is -0.481 e. The lowest BCUT2D eigenvalue weighted by Gasteiger charge is -2.16. The van der Waals surface area contributed by atoms with Crippen LogP contribution < -0.4 is 5.32 Å². The number of aliphatic carboxylic acids is 1. The number of hydrogen-bond donors (Lipinski definition) is 2. The predicted molar refractivity (Wildman–Crippen MR) is 85.1 cm³/mol. The zero-order chi connectivity index (χ0) is 15.6. The van der Waals surface area contributed by atoms with Gasteiger partial charge in [0.1, 0.15) is 0 Å². The summed E-state index contributed by atoms with van der Waals surface area (Å²) in [5.74, 6) is -1.73. The van der Waals surface area contributed by atoms with E-state index in [1.165, 1.54) is 0 Å². The summed E-state index contributed by atoms with van der Waals surface area (Å²) in [7, 11) is 0. The molecule has 1 aliphatic rings. The van der Waals surface area contributed by atoms with E-state index in [1.54, 1.807) is 0 Å². The van der Waals surface area contributed by atoms with E-state index in [1.807, 2.05) is 32.0 Å². The third kappa shape index (κ3) is 3.64. The number of rotatable bonds is 4. The topological polar surface area (TPSA) is 66.4 Å². The Hall–Kier alpha value is -1.36. The minimum absolute atomic E-state index is 0.186. The zero-order valence-electron chi connectivity index (χ0n) is 12.2. The Kier molecular flexibility index (Phi) is 5.04. The van der Waals surface area contributed by atoms with Crippen LogP contribution in [0.5, 0.6) is 0 Å². The van der Waals surface area contributed by atoms with Crippen molar-refractivity contribution in [3.8, 4) is 0 Å². The van der Waals surface area contributed by atoms with Crippen molar-refractivity contribution in [1.29, 1.82) is 0 Å². The first-order chi connectivity index (χ1) is 9.92. The van der Waals surface area contributed by atoms with E-state index < -0.39 is 17.8 Å². The summed E-state index contributed by atoms with van der Waals surface area (Å²) in [6.45, 7) is 4.01. The molecule has 0 spiro atoms. The maximum Gasteiger partial charge on any atom is 0.307 e. The van der Waals surface area contributed by atoms with Crippen LogP contribution >= 0.6 is 15.9 Å². The Morgan fingerprint density at radius 1 is 1.33 bits per heavy atom. The number of nitrogens with one attached hydrogen (secondary N) is 1. The van der Waals surface area contributed by atoms with Gasteiger partial charge in [-0.15, -0.1) is 0 Å². The van der Waals surface area contributed by atoms with Crippen LogP contribution in [0.25, 0.3) is 0 Å². The number of carbonyl (C=O) groups is 2. The van der Waals surface area contributed by atoms with Crippen molar-refractivity contribution in [2.75, 3.05) is 5.32 Å². The molecule has 1 amide bonds. The van der Waals surface area contributed by atoms with Crippen LogP contribution in [-0.2, 0) is 9.59 Å². The van der Waals surface area contributed by atoms with Gasteiger partial charge in [0.05, 0.1) is 11.8 Å². The summed E-state index contributed by atoms with van der Waals surface area (Å²) in [5.41, 5.74) is 1.78. The van der Waals surface area contributed by atoms with Gasteiger partial charge in [-0.25, -0.2) is 0 Å². The Bertz CT molecular complexity index is 558. The van der Waals surface area contributed by atoms with Gasteiger partial charge in [-0.3, -0.25) is 9.59 Å². The first-order valence-corrected chi connectivity index (χ1v) is 8.01. The molecule has 2 rings (SSSR count). The van der Waals surface area contributed by atoms with Gasteiger partial charge in [0.25, 0.3) is 0 Å². The largest absolute Gasteiger partial charge is 0.481 e. The first kappa shape index (κ1) is 16.0. The lowest BCUT2D eigenvalue weighted by atomic mass is 9.95. The second-order valence-electron chi connectivity index (χ2n) is 5.75. The van der Waals surface area contributed by atoms with Crippen LogP contribution in [0, 0.1) is 24.7 Å². The number of aryl methyl sites for hydroxylation is 1. The molecule has 1 aromatic carbocycles. The quantitative estimate of drug-likeness (QED) is 0.864. The number of anilines is 1. The molecule has 4 nitrogen and oxygen atoms in total. The highest BCUT2D eigenvalue weighted by molar-refractivity contribution is 9.10. The number of amides is 1. The molecule has 1 fully saturated rings. The highest BCUT2D eigenvalue weighted by Gasteiger charge is 2.42. The van der Waals surface area contributed by atoms with Crippen molar-refractivity contribution in [2.24, 2.45) is 17.8 Å². The van der Waals surface area contributed by atoms with Crippen LogP contribution in [0.2, 0.25) is 0 Å². The summed E-state index contributed by atoms with van der Waals surface area (Å²) >= 11 is 3.43. The van der Waals surface area contributed by atoms with Crippen molar-refractivity contribution in [3.05, 3.63) is 28.2 Å². The standard InChI is InChI=1S/C16H20BrNO3/c1-3-10-6-12(13(7-10)16(20)21)15(19)18-11-5-4-9(2)14(17)8-11/h4-5,8,10,12-13H,3,6-7H2,1-2H3,(H,18,19)(H,20,21)/t10?,12-,13+/m0/s1. The summed E-state index contributed by atoms with van der Waals surface area (Å²) < 4.78 is 0.924. The summed E-state index contributed by atoms with van der Waals surface area (Å²) in [4.78, 5) is 23.7. The molecular weight excluding hydrogens is 334 g/mol. The molecule has 2 N–H and O–H groups in total. The molecule has 3 atom stereocenters. The van der Waals surface area contributed by atoms with E-state index in [0.29, 0.717) is 24.4 Å². The van der Waals surface area contributed by atoms with E-state index >= 15 is 0 Å². The van der Waals surface area contributed by atoms with Crippen molar-refractivity contribution in [1.82, 2.24) is 0 Å². The number of carboxylic acid groups (broad SMARTS) is 1. The molecule has 0 saturated heterocycles. The third-order valence-corrected chi connectivity index (χ3v) is 5.19. The fourth-order valence-corrected chi connectivity index (χ4v) is 3.32. The molecule has 0 heterocycles. The molecule has 114 valence electrons. The number of carbonyl (C=O) groups excluding carboxylic acids is 1. The Labute approximate surface area is 133 Å². The Morgan fingerprint density at radius 3 is 2.57 bits per heavy atom. The van der Waals surface area contributed by atoms with Crippen LogP contribution in [0.15, 0.2) is 22.7 Å². The van der Waals surface area contributed by atoms with Gasteiger partial charge >= 0.3 is 5.97 Å². The third-order valence-electron chi connectivity index (χ3n) is 4.33. The molecule has 0 bridgehead atoms. The zero-order valence-corrected chi connectivity index (χ0v) is 13.8. The maximum absolute atomic E-state index is 12.4. The Morgan fingerprint density at radius 2 is 2.00 bits per heavy atom. The van der Waals surface area contributed by atoms with E-state index in [0.717, 1.165) is 16.5 Å². The van der Waals surface area contributed by atoms with Gasteiger partial charge in [-0.1, -0.05) is 35.3 Å². The average Bonchev–Trinajstić information content (AvgIpc) is 2.87. The molecule has 5 heteroatoms. The average molecular weight is 354 g/mol. The van der Waals surface area contributed by atoms with Crippen LogP contribution in [0.3, 0.4) is 0 Å². The normalized spacial score (nSPS) is 24.8. The van der Waals surface area contributed by atoms with Gasteiger partial charge in [0, 0.05) is 10.2 Å². The SMILES string of the molecule is CCC1C[C@H](C(=O)Nc2ccc(C)c(Br)c2)[C@H](C(=O)O)C1. The molecule has 0 aromatic heterocycles. The van der Waals surface area contributed by atoms with Crippen LogP contribution in [-0.4, -0.2) is 17.0 Å². The lowest BCUT2D eigenvalue weighted by molar-refractivity contribution is -0.145. The van der Waals surface area contributed by atoms with Crippen molar-refractivity contribution >= 4 is 33.5 Å². The number of hydrogen-bond acceptors (Lipinski definition) is 2. The summed E-state index contributed by atoms with van der Waals surface area (Å²) in [5, 5.41) is 12.2. The molecule has 1 aliphatic carbocycles. The van der Waals surface area contributed by atoms with Crippen molar-refractivity contribution in [2.45, 2.75) is 33.1 Å². The number of halogens is 1. The fraction of sp³-hybridized carbons (Fsp3) is 0.500. The first-order valence-electron chi connectivity index (χ1n) is 7.22. The monoisotopic (exact) mass is 353 g/mol. The summed E-state index contributed by atoms with van der Waals surface area (Å²) in [6, 6.07) is 5.59. The van der Waals surface area contributed by atoms with Gasteiger partial charge in [0.2, 0.25) is 5.91 Å². The predicted octanol–water partition coefficient (Wildman–Crippen LogP) is 3.83. The van der Waals surface area contributed by atoms with Gasteiger partial charge < -0.3 is 10.4 Å². The van der Waals surface area contributed by atoms with Crippen molar-refractivity contribution in [3.63, 3.8) is 0 Å². The molecule has 0 aliphatic heterocycles. The molecule has 0 radical (unpaired) electrons. The smallest absolute Gasteiger partial charge is 0.307 e. The van der Waals surface area contributed by atoms with Gasteiger partial charge in [-0.2, -0.15) is 0 Å². The van der Waals surface area contributed by atoms with E-state index in [4.69, 9.17) is 0 Å². The van der Waals surface area contributed by atoms with Gasteiger partial charge in [-0.05, 0) is 43.4 Å². The number of carboxylic acids is 1. The fourth-order valence-electron chi connectivity index (χ4n) is 2.94. The Balaban J connectivity index is 2.11. The van der Waals surface area contributed by atoms with Crippen LogP contribution in [0.1, 0.15) is 31.7 Å². The maximum atomic E-state index is 12.4. The second kappa shape index (κ2) is 6.60. The van der Waals surface area contributed by atoms with Gasteiger partial charge in [0.15, 0.2) is 0 Å². The molecule has 1 unspecified atom stereocenters. The lowest BCUT2D eigenvalue weighted by Crippen LogP contribution is -2.30. The van der Waals surface area contributed by atoms with Crippen molar-refractivity contribution < 1.29 is 14.7 Å². The molecule has 1 saturated carbocycles. The molecule has 21 heavy (non-hydrogen) atoms. The molecule has 1 aromatic rings. The highest BCUT2D eigenvalue weighted by atomic mass is 79.9. The summed E-state index contributed by atoms with van der Waals surface area (Å²) in [6.07, 6.45) is 2.18. The number of benzene rings is 1. The van der Waals surface area contributed by atoms with Crippen LogP contribution in [0.4, 0.5) is 5.69 Å². The van der Waals surface area contributed by atoms with E-state index in [9.17, 15) is 14.7 Å².